The van der Waals surface area contributed by atoms with Crippen LogP contribution in [0.15, 0.2) is 0 Å². The van der Waals surface area contributed by atoms with E-state index in [1.54, 1.807) is 0 Å². The number of hydrogen-bond acceptors (Lipinski definition) is 3. The van der Waals surface area contributed by atoms with E-state index in [2.05, 4.69) is 37.9 Å². The summed E-state index contributed by atoms with van der Waals surface area (Å²) in [5.41, 5.74) is 0. The first-order valence-electron chi connectivity index (χ1n) is 3.26. The van der Waals surface area contributed by atoms with Crippen LogP contribution in [0.1, 0.15) is 25.7 Å². The van der Waals surface area contributed by atoms with Gasteiger partial charge in [-0.2, -0.15) is 37.9 Å². The molecule has 0 amide bonds. The molecule has 1 rings (SSSR count). The molecule has 0 aromatic carbocycles. The summed E-state index contributed by atoms with van der Waals surface area (Å²) in [6, 6.07) is 0. The topological polar surface area (TPSA) is 0 Å². The fourth-order valence-corrected chi connectivity index (χ4v) is 2.01. The minimum atomic E-state index is -0.110. The van der Waals surface area contributed by atoms with Crippen molar-refractivity contribution >= 4 is 37.9 Å². The zero-order valence-electron chi connectivity index (χ0n) is 5.25. The fourth-order valence-electron chi connectivity index (χ4n) is 1.12. The smallest absolute Gasteiger partial charge is 0.0667 e. The predicted molar refractivity (Wildman–Crippen MR) is 51.9 cm³/mol. The van der Waals surface area contributed by atoms with E-state index in [0.29, 0.717) is 5.25 Å². The molecular weight excluding hydrogens is 168 g/mol. The van der Waals surface area contributed by atoms with Gasteiger partial charge in [0.25, 0.3) is 0 Å². The van der Waals surface area contributed by atoms with Crippen molar-refractivity contribution in [3.05, 3.63) is 0 Å². The molecule has 0 aromatic heterocycles. The van der Waals surface area contributed by atoms with Gasteiger partial charge in [-0.25, -0.2) is 0 Å². The lowest BCUT2D eigenvalue weighted by Gasteiger charge is -2.33. The number of thiol groups is 3. The molecule has 1 unspecified atom stereocenters. The van der Waals surface area contributed by atoms with Crippen LogP contribution in [0.25, 0.3) is 0 Å². The monoisotopic (exact) mass is 180 g/mol. The second-order valence-corrected chi connectivity index (χ2v) is 5.21. The third kappa shape index (κ3) is 1.99. The molecule has 0 aromatic rings. The summed E-state index contributed by atoms with van der Waals surface area (Å²) in [6.07, 6.45) is 4.80. The number of rotatable bonds is 0. The van der Waals surface area contributed by atoms with Gasteiger partial charge in [-0.15, -0.1) is 0 Å². The Morgan fingerprint density at radius 2 is 1.89 bits per heavy atom. The van der Waals surface area contributed by atoms with E-state index in [-0.39, 0.29) is 4.08 Å². The van der Waals surface area contributed by atoms with E-state index in [0.717, 1.165) is 12.8 Å². The van der Waals surface area contributed by atoms with Crippen LogP contribution in [-0.2, 0) is 0 Å². The average Bonchev–Trinajstić information content (AvgIpc) is 1.77. The Kier molecular flexibility index (Phi) is 2.69. The molecule has 0 radical (unpaired) electrons. The van der Waals surface area contributed by atoms with Crippen LogP contribution < -0.4 is 0 Å². The lowest BCUT2D eigenvalue weighted by Crippen LogP contribution is -2.30. The molecule has 0 N–H and O–H groups in total. The highest BCUT2D eigenvalue weighted by Crippen LogP contribution is 2.39. The van der Waals surface area contributed by atoms with Crippen LogP contribution in [0.5, 0.6) is 0 Å². The largest absolute Gasteiger partial charge is 0.174 e. The summed E-state index contributed by atoms with van der Waals surface area (Å²) in [4.78, 5) is 0. The van der Waals surface area contributed by atoms with Gasteiger partial charge < -0.3 is 0 Å². The van der Waals surface area contributed by atoms with E-state index >= 15 is 0 Å². The van der Waals surface area contributed by atoms with Gasteiger partial charge in [0.2, 0.25) is 0 Å². The quantitative estimate of drug-likeness (QED) is 0.370. The highest BCUT2D eigenvalue weighted by atomic mass is 32.2. The van der Waals surface area contributed by atoms with Crippen LogP contribution in [-0.4, -0.2) is 9.33 Å². The van der Waals surface area contributed by atoms with Crippen molar-refractivity contribution in [2.75, 3.05) is 0 Å². The maximum absolute atomic E-state index is 4.40. The number of hydrogen-bond donors (Lipinski definition) is 3. The Morgan fingerprint density at radius 1 is 1.22 bits per heavy atom. The summed E-state index contributed by atoms with van der Waals surface area (Å²) in [5.74, 6) is 0. The maximum atomic E-state index is 4.40. The van der Waals surface area contributed by atoms with Crippen LogP contribution in [0.3, 0.4) is 0 Å². The second kappa shape index (κ2) is 2.97. The van der Waals surface area contributed by atoms with Gasteiger partial charge >= 0.3 is 0 Å². The van der Waals surface area contributed by atoms with E-state index in [1.807, 2.05) is 0 Å². The molecule has 9 heavy (non-hydrogen) atoms. The van der Waals surface area contributed by atoms with Gasteiger partial charge in [0.05, 0.1) is 4.08 Å². The summed E-state index contributed by atoms with van der Waals surface area (Å²) < 4.78 is -0.110. The van der Waals surface area contributed by atoms with E-state index in [4.69, 9.17) is 0 Å². The average molecular weight is 180 g/mol. The van der Waals surface area contributed by atoms with E-state index < -0.39 is 0 Å². The van der Waals surface area contributed by atoms with Crippen LogP contribution >= 0.6 is 37.9 Å². The van der Waals surface area contributed by atoms with Crippen molar-refractivity contribution in [3.8, 4) is 0 Å². The van der Waals surface area contributed by atoms with Gasteiger partial charge in [-0.05, 0) is 12.8 Å². The highest BCUT2D eigenvalue weighted by Gasteiger charge is 2.31. The molecule has 1 aliphatic rings. The fraction of sp³-hybridized carbons (Fsp3) is 1.00. The summed E-state index contributed by atoms with van der Waals surface area (Å²) >= 11 is 13.2. The standard InChI is InChI=1S/C6H12S3/c7-5-3-1-2-4-6(5,8)9/h5,7-9H,1-4H2. The van der Waals surface area contributed by atoms with Crippen molar-refractivity contribution in [2.45, 2.75) is 35.0 Å². The minimum Gasteiger partial charge on any atom is -0.174 e. The molecule has 3 heteroatoms. The Labute approximate surface area is 73.0 Å². The summed E-state index contributed by atoms with van der Waals surface area (Å²) in [7, 11) is 0. The van der Waals surface area contributed by atoms with Crippen LogP contribution in [0, 0.1) is 0 Å². The molecule has 0 saturated heterocycles. The maximum Gasteiger partial charge on any atom is 0.0667 e. The molecule has 0 nitrogen and oxygen atoms in total. The Hall–Kier alpha value is 1.05. The first-order chi connectivity index (χ1) is 4.13. The van der Waals surface area contributed by atoms with Gasteiger partial charge in [-0.3, -0.25) is 0 Å². The first kappa shape index (κ1) is 8.15. The predicted octanol–water partition coefficient (Wildman–Crippen LogP) is 2.41. The van der Waals surface area contributed by atoms with Crippen molar-refractivity contribution in [1.29, 1.82) is 0 Å². The first-order valence-corrected chi connectivity index (χ1v) is 4.67. The molecule has 0 aliphatic heterocycles. The molecule has 1 aliphatic carbocycles. The van der Waals surface area contributed by atoms with Crippen molar-refractivity contribution < 1.29 is 0 Å². The molecule has 54 valence electrons. The van der Waals surface area contributed by atoms with Crippen molar-refractivity contribution in [3.63, 3.8) is 0 Å². The lowest BCUT2D eigenvalue weighted by molar-refractivity contribution is 0.509. The van der Waals surface area contributed by atoms with Gasteiger partial charge in [0, 0.05) is 5.25 Å². The third-order valence-electron chi connectivity index (χ3n) is 1.81. The highest BCUT2D eigenvalue weighted by molar-refractivity contribution is 8.02. The molecule has 1 fully saturated rings. The Bertz CT molecular complexity index is 100. The van der Waals surface area contributed by atoms with Gasteiger partial charge in [-0.1, -0.05) is 12.8 Å². The Balaban J connectivity index is 2.49. The molecular formula is C6H12S3. The Morgan fingerprint density at radius 3 is 2.22 bits per heavy atom. The molecule has 0 spiro atoms. The second-order valence-electron chi connectivity index (χ2n) is 2.64. The zero-order valence-corrected chi connectivity index (χ0v) is 7.93. The summed E-state index contributed by atoms with van der Waals surface area (Å²) in [6.45, 7) is 0. The van der Waals surface area contributed by atoms with Gasteiger partial charge in [0.1, 0.15) is 0 Å². The summed E-state index contributed by atoms with van der Waals surface area (Å²) in [5, 5.41) is 0.373. The van der Waals surface area contributed by atoms with Gasteiger partial charge in [0.15, 0.2) is 0 Å². The third-order valence-corrected chi connectivity index (χ3v) is 3.98. The molecule has 1 saturated carbocycles. The van der Waals surface area contributed by atoms with E-state index in [1.165, 1.54) is 12.8 Å². The van der Waals surface area contributed by atoms with Crippen LogP contribution in [0.4, 0.5) is 0 Å². The molecule has 0 bridgehead atoms. The van der Waals surface area contributed by atoms with E-state index in [9.17, 15) is 0 Å². The van der Waals surface area contributed by atoms with Crippen molar-refractivity contribution in [2.24, 2.45) is 0 Å². The SMILES string of the molecule is SC1CCCCC1(S)S. The molecule has 0 heterocycles. The lowest BCUT2D eigenvalue weighted by atomic mass is 9.99. The minimum absolute atomic E-state index is 0.110. The molecule has 1 atom stereocenters. The zero-order chi connectivity index (χ0) is 6.91. The van der Waals surface area contributed by atoms with Crippen molar-refractivity contribution in [1.82, 2.24) is 0 Å². The normalized spacial score (nSPS) is 34.3. The van der Waals surface area contributed by atoms with Crippen LogP contribution in [0.2, 0.25) is 0 Å².